The average Bonchev–Trinajstić information content (AvgIpc) is 2.99. The number of hydrogen-bond acceptors (Lipinski definition) is 5. The lowest BCUT2D eigenvalue weighted by Crippen LogP contribution is -2.29. The lowest BCUT2D eigenvalue weighted by atomic mass is 10.1. The van der Waals surface area contributed by atoms with E-state index in [1.807, 2.05) is 24.3 Å². The number of benzene rings is 1. The monoisotopic (exact) mass is 381 g/mol. The maximum Gasteiger partial charge on any atom is 0.325 e. The molecule has 0 unspecified atom stereocenters. The summed E-state index contributed by atoms with van der Waals surface area (Å²) < 4.78 is 0.966. The third kappa shape index (κ3) is 3.95. The fraction of sp³-hybridized carbons (Fsp3) is 0.357. The van der Waals surface area contributed by atoms with Crippen molar-refractivity contribution in [3.8, 4) is 0 Å². The number of aromatic nitrogens is 2. The van der Waals surface area contributed by atoms with Gasteiger partial charge in [-0.15, -0.1) is 10.2 Å². The smallest absolute Gasteiger partial charge is 0.325 e. The molecule has 0 radical (unpaired) electrons. The van der Waals surface area contributed by atoms with Crippen LogP contribution in [0.4, 0.5) is 20.7 Å². The number of urea groups is 1. The Bertz CT molecular complexity index is 639. The fourth-order valence-corrected chi connectivity index (χ4v) is 3.33. The standard InChI is InChI=1S/C14H16BrN5OS/c15-10-4-6-11(7-5-10)16-12(21)17-13-18-19-14(22-13)20-8-2-1-3-9-20/h4-7H,1-3,8-9H2,(H2,16,17,18,21). The van der Waals surface area contributed by atoms with Crippen molar-refractivity contribution in [1.29, 1.82) is 0 Å². The average molecular weight is 382 g/mol. The molecule has 0 saturated carbocycles. The van der Waals surface area contributed by atoms with Crippen LogP contribution in [-0.2, 0) is 0 Å². The number of carbonyl (C=O) groups excluding carboxylic acids is 1. The Morgan fingerprint density at radius 3 is 2.55 bits per heavy atom. The molecule has 0 bridgehead atoms. The third-order valence-electron chi connectivity index (χ3n) is 3.36. The van der Waals surface area contributed by atoms with Gasteiger partial charge in [0.15, 0.2) is 0 Å². The van der Waals surface area contributed by atoms with E-state index < -0.39 is 0 Å². The van der Waals surface area contributed by atoms with Gasteiger partial charge in [-0.2, -0.15) is 0 Å². The summed E-state index contributed by atoms with van der Waals surface area (Å²) in [5.41, 5.74) is 0.724. The number of halogens is 1. The van der Waals surface area contributed by atoms with Crippen LogP contribution >= 0.6 is 27.3 Å². The van der Waals surface area contributed by atoms with Gasteiger partial charge in [-0.1, -0.05) is 27.3 Å². The molecule has 2 amide bonds. The summed E-state index contributed by atoms with van der Waals surface area (Å²) in [6, 6.07) is 7.07. The molecular formula is C14H16BrN5OS. The van der Waals surface area contributed by atoms with Crippen molar-refractivity contribution < 1.29 is 4.79 Å². The molecule has 0 atom stereocenters. The van der Waals surface area contributed by atoms with Gasteiger partial charge in [0.05, 0.1) is 0 Å². The summed E-state index contributed by atoms with van der Waals surface area (Å²) in [6.07, 6.45) is 3.65. The molecule has 8 heteroatoms. The molecule has 2 N–H and O–H groups in total. The van der Waals surface area contributed by atoms with Crippen LogP contribution in [0.15, 0.2) is 28.7 Å². The van der Waals surface area contributed by atoms with Crippen LogP contribution in [0.3, 0.4) is 0 Å². The van der Waals surface area contributed by atoms with E-state index in [0.29, 0.717) is 5.13 Å². The fourth-order valence-electron chi connectivity index (χ4n) is 2.27. The summed E-state index contributed by atoms with van der Waals surface area (Å²) in [5.74, 6) is 0. The molecule has 1 aliphatic rings. The molecule has 0 aliphatic carbocycles. The van der Waals surface area contributed by atoms with Crippen LogP contribution in [0.2, 0.25) is 0 Å². The molecule has 2 heterocycles. The van der Waals surface area contributed by atoms with Gasteiger partial charge in [-0.3, -0.25) is 5.32 Å². The largest absolute Gasteiger partial charge is 0.347 e. The summed E-state index contributed by atoms with van der Waals surface area (Å²) in [6.45, 7) is 2.03. The number of carbonyl (C=O) groups is 1. The Hall–Kier alpha value is -1.67. The van der Waals surface area contributed by atoms with Crippen molar-refractivity contribution in [2.24, 2.45) is 0 Å². The maximum absolute atomic E-state index is 11.9. The van der Waals surface area contributed by atoms with E-state index in [0.717, 1.165) is 28.4 Å². The van der Waals surface area contributed by atoms with E-state index in [9.17, 15) is 4.79 Å². The minimum atomic E-state index is -0.316. The van der Waals surface area contributed by atoms with Crippen LogP contribution in [0.25, 0.3) is 0 Å². The molecular weight excluding hydrogens is 366 g/mol. The first-order valence-corrected chi connectivity index (χ1v) is 8.74. The first kappa shape index (κ1) is 15.2. The highest BCUT2D eigenvalue weighted by molar-refractivity contribution is 9.10. The van der Waals surface area contributed by atoms with E-state index in [1.165, 1.54) is 30.6 Å². The number of hydrogen-bond donors (Lipinski definition) is 2. The summed E-state index contributed by atoms with van der Waals surface area (Å²) in [7, 11) is 0. The number of amides is 2. The highest BCUT2D eigenvalue weighted by Crippen LogP contribution is 2.26. The van der Waals surface area contributed by atoms with Crippen LogP contribution in [0.1, 0.15) is 19.3 Å². The quantitative estimate of drug-likeness (QED) is 0.844. The first-order valence-electron chi connectivity index (χ1n) is 7.13. The van der Waals surface area contributed by atoms with Crippen molar-refractivity contribution in [3.05, 3.63) is 28.7 Å². The van der Waals surface area contributed by atoms with Crippen molar-refractivity contribution in [3.63, 3.8) is 0 Å². The van der Waals surface area contributed by atoms with Crippen molar-refractivity contribution in [2.75, 3.05) is 28.6 Å². The number of nitrogens with one attached hydrogen (secondary N) is 2. The van der Waals surface area contributed by atoms with E-state index in [-0.39, 0.29) is 6.03 Å². The topological polar surface area (TPSA) is 70.1 Å². The van der Waals surface area contributed by atoms with Gasteiger partial charge in [-0.05, 0) is 43.5 Å². The number of piperidine rings is 1. The second-order valence-electron chi connectivity index (χ2n) is 5.02. The molecule has 2 aromatic rings. The molecule has 1 fully saturated rings. The Balaban J connectivity index is 1.57. The number of anilines is 3. The van der Waals surface area contributed by atoms with Gasteiger partial charge < -0.3 is 10.2 Å². The number of rotatable bonds is 3. The predicted molar refractivity (Wildman–Crippen MR) is 92.8 cm³/mol. The second-order valence-corrected chi connectivity index (χ2v) is 6.90. The molecule has 1 saturated heterocycles. The number of nitrogens with zero attached hydrogens (tertiary/aromatic N) is 3. The van der Waals surface area contributed by atoms with Gasteiger partial charge in [0.2, 0.25) is 10.3 Å². The zero-order valence-electron chi connectivity index (χ0n) is 11.9. The van der Waals surface area contributed by atoms with Crippen LogP contribution in [0.5, 0.6) is 0 Å². The van der Waals surface area contributed by atoms with Crippen molar-refractivity contribution in [2.45, 2.75) is 19.3 Å². The predicted octanol–water partition coefficient (Wildman–Crippen LogP) is 3.93. The van der Waals surface area contributed by atoms with E-state index in [4.69, 9.17) is 0 Å². The highest BCUT2D eigenvalue weighted by Gasteiger charge is 2.16. The Kier molecular flexibility index (Phi) is 4.89. The second kappa shape index (κ2) is 7.06. The van der Waals surface area contributed by atoms with Gasteiger partial charge >= 0.3 is 6.03 Å². The molecule has 3 rings (SSSR count). The Morgan fingerprint density at radius 2 is 1.82 bits per heavy atom. The molecule has 1 aromatic carbocycles. The van der Waals surface area contributed by atoms with Crippen LogP contribution in [0, 0.1) is 0 Å². The lowest BCUT2D eigenvalue weighted by molar-refractivity contribution is 0.262. The van der Waals surface area contributed by atoms with E-state index in [1.54, 1.807) is 0 Å². The van der Waals surface area contributed by atoms with Crippen molar-refractivity contribution >= 4 is 49.2 Å². The summed E-state index contributed by atoms with van der Waals surface area (Å²) >= 11 is 4.76. The molecule has 1 aliphatic heterocycles. The summed E-state index contributed by atoms with van der Waals surface area (Å²) in [4.78, 5) is 14.2. The summed E-state index contributed by atoms with van der Waals surface area (Å²) in [5, 5.41) is 15.1. The van der Waals surface area contributed by atoms with Crippen molar-refractivity contribution in [1.82, 2.24) is 10.2 Å². The van der Waals surface area contributed by atoms with Gasteiger partial charge in [-0.25, -0.2) is 4.79 Å². The zero-order chi connectivity index (χ0) is 15.4. The minimum Gasteiger partial charge on any atom is -0.347 e. The SMILES string of the molecule is O=C(Nc1ccc(Br)cc1)Nc1nnc(N2CCCCC2)s1. The van der Waals surface area contributed by atoms with E-state index >= 15 is 0 Å². The maximum atomic E-state index is 11.9. The zero-order valence-corrected chi connectivity index (χ0v) is 14.3. The molecule has 116 valence electrons. The molecule has 0 spiro atoms. The van der Waals surface area contributed by atoms with Crippen LogP contribution < -0.4 is 15.5 Å². The minimum absolute atomic E-state index is 0.316. The normalized spacial score (nSPS) is 14.7. The van der Waals surface area contributed by atoms with Gasteiger partial charge in [0.1, 0.15) is 0 Å². The molecule has 6 nitrogen and oxygen atoms in total. The van der Waals surface area contributed by atoms with Gasteiger partial charge in [0, 0.05) is 23.2 Å². The van der Waals surface area contributed by atoms with Crippen LogP contribution in [-0.4, -0.2) is 29.3 Å². The Morgan fingerprint density at radius 1 is 1.09 bits per heavy atom. The highest BCUT2D eigenvalue weighted by atomic mass is 79.9. The third-order valence-corrected chi connectivity index (χ3v) is 4.79. The first-order chi connectivity index (χ1) is 10.7. The molecule has 22 heavy (non-hydrogen) atoms. The van der Waals surface area contributed by atoms with Gasteiger partial charge in [0.25, 0.3) is 0 Å². The lowest BCUT2D eigenvalue weighted by Gasteiger charge is -2.25. The Labute approximate surface area is 141 Å². The van der Waals surface area contributed by atoms with E-state index in [2.05, 4.69) is 41.7 Å². The molecule has 1 aromatic heterocycles.